The number of benzene rings is 7. The number of hydrogen-bond acceptors (Lipinski definition) is 5. The number of hydrogen-bond donors (Lipinski definition) is 0. The van der Waals surface area contributed by atoms with Gasteiger partial charge < -0.3 is 8.98 Å². The molecular weight excluding hydrogens is 723 g/mol. The van der Waals surface area contributed by atoms with E-state index in [0.717, 1.165) is 79.5 Å². The van der Waals surface area contributed by atoms with Crippen molar-refractivity contribution in [3.63, 3.8) is 0 Å². The first-order valence-electron chi connectivity index (χ1n) is 20.1. The number of rotatable bonds is 5. The lowest BCUT2D eigenvalue weighted by Crippen LogP contribution is -2.16. The summed E-state index contributed by atoms with van der Waals surface area (Å²) in [4.78, 5) is 17.7. The molecule has 4 heterocycles. The Labute approximate surface area is 340 Å². The highest BCUT2D eigenvalue weighted by atomic mass is 16.3. The zero-order chi connectivity index (χ0) is 38.9. The van der Waals surface area contributed by atoms with E-state index in [4.69, 9.17) is 19.4 Å². The maximum absolute atomic E-state index is 6.42. The smallest absolute Gasteiger partial charge is 0.238 e. The highest BCUT2D eigenvalue weighted by Crippen LogP contribution is 2.47. The molecule has 2 aliphatic rings. The predicted octanol–water partition coefficient (Wildman–Crippen LogP) is 13.6. The molecule has 0 bridgehead atoms. The Morgan fingerprint density at radius 2 is 1.19 bits per heavy atom. The minimum atomic E-state index is 0.532. The van der Waals surface area contributed by atoms with Gasteiger partial charge in [-0.3, -0.25) is 4.90 Å². The minimum absolute atomic E-state index is 0.532. The van der Waals surface area contributed by atoms with E-state index in [-0.39, 0.29) is 0 Å². The van der Waals surface area contributed by atoms with E-state index in [1.165, 1.54) is 27.8 Å². The molecule has 0 atom stereocenters. The van der Waals surface area contributed by atoms with Gasteiger partial charge in [-0.1, -0.05) is 133 Å². The molecule has 0 spiro atoms. The first-order valence-corrected chi connectivity index (χ1v) is 20.1. The van der Waals surface area contributed by atoms with Crippen molar-refractivity contribution in [2.45, 2.75) is 12.8 Å². The van der Waals surface area contributed by atoms with Crippen molar-refractivity contribution in [1.82, 2.24) is 19.5 Å². The Bertz CT molecular complexity index is 3270. The van der Waals surface area contributed by atoms with Crippen LogP contribution in [-0.2, 0) is 6.42 Å². The van der Waals surface area contributed by atoms with Crippen LogP contribution in [0.4, 0.5) is 17.3 Å². The summed E-state index contributed by atoms with van der Waals surface area (Å²) in [5, 5.41) is 3.43. The molecule has 0 fully saturated rings. The molecule has 7 aromatic carbocycles. The standard InChI is InChI=1S/C53H35N5O/c1-4-14-34(15-5-1)51-54-52(35-16-6-2-7-17-35)56-53(55-51)58-44-29-26-36(32-38(44)25-28-42-46(58)30-31-49-50(42)43-21-11-13-23-48(43)59-49)37-24-27-41-40-20-10-12-22-45(40)57(47(41)33-37)39-18-8-3-9-19-39/h1-9,11-19,21-33H,10,20H2. The topological polar surface area (TPSA) is 60.0 Å². The highest BCUT2D eigenvalue weighted by molar-refractivity contribution is 6.13. The lowest BCUT2D eigenvalue weighted by Gasteiger charge is -2.26. The molecule has 6 heteroatoms. The summed E-state index contributed by atoms with van der Waals surface area (Å²) in [6.07, 6.45) is 11.1. The average Bonchev–Trinajstić information content (AvgIpc) is 3.80. The molecule has 0 radical (unpaired) electrons. The fourth-order valence-electron chi connectivity index (χ4n) is 8.95. The van der Waals surface area contributed by atoms with Crippen molar-refractivity contribution in [3.05, 3.63) is 192 Å². The number of anilines is 3. The van der Waals surface area contributed by atoms with Crippen LogP contribution in [0.3, 0.4) is 0 Å². The van der Waals surface area contributed by atoms with Gasteiger partial charge in [-0.25, -0.2) is 4.98 Å². The molecule has 278 valence electrons. The molecule has 0 amide bonds. The van der Waals surface area contributed by atoms with Gasteiger partial charge >= 0.3 is 0 Å². The molecule has 0 unspecified atom stereocenters. The van der Waals surface area contributed by atoms with Gasteiger partial charge in [0.25, 0.3) is 0 Å². The summed E-state index contributed by atoms with van der Waals surface area (Å²) in [7, 11) is 0. The summed E-state index contributed by atoms with van der Waals surface area (Å²) >= 11 is 0. The van der Waals surface area contributed by atoms with E-state index < -0.39 is 0 Å². The number of furan rings is 1. The van der Waals surface area contributed by atoms with Crippen molar-refractivity contribution < 1.29 is 4.42 Å². The summed E-state index contributed by atoms with van der Waals surface area (Å²) in [6.45, 7) is 0. The van der Waals surface area contributed by atoms with Gasteiger partial charge in [0.05, 0.1) is 16.9 Å². The Hall–Kier alpha value is -7.83. The third-order valence-corrected chi connectivity index (χ3v) is 11.7. The maximum atomic E-state index is 6.42. The van der Waals surface area contributed by atoms with E-state index in [1.54, 1.807) is 0 Å². The molecule has 3 aromatic heterocycles. The molecule has 12 rings (SSSR count). The van der Waals surface area contributed by atoms with E-state index in [2.05, 4.69) is 125 Å². The van der Waals surface area contributed by atoms with Crippen LogP contribution in [0.2, 0.25) is 0 Å². The van der Waals surface area contributed by atoms with Gasteiger partial charge in [-0.2, -0.15) is 9.97 Å². The number of aromatic nitrogens is 4. The molecule has 0 N–H and O–H groups in total. The van der Waals surface area contributed by atoms with Gasteiger partial charge in [0, 0.05) is 44.2 Å². The van der Waals surface area contributed by atoms with Gasteiger partial charge in [0.15, 0.2) is 11.6 Å². The summed E-state index contributed by atoms with van der Waals surface area (Å²) in [5.41, 5.74) is 14.9. The van der Waals surface area contributed by atoms with Gasteiger partial charge in [0.2, 0.25) is 5.95 Å². The number of allylic oxidation sites excluding steroid dienone is 1. The zero-order valence-electron chi connectivity index (χ0n) is 32.0. The quantitative estimate of drug-likeness (QED) is 0.175. The van der Waals surface area contributed by atoms with Crippen LogP contribution in [0.25, 0.3) is 90.7 Å². The first-order chi connectivity index (χ1) is 29.2. The van der Waals surface area contributed by atoms with Crippen molar-refractivity contribution in [2.75, 3.05) is 4.90 Å². The number of nitrogens with zero attached hydrogens (tertiary/aromatic N) is 5. The van der Waals surface area contributed by atoms with Crippen molar-refractivity contribution in [1.29, 1.82) is 0 Å². The fraction of sp³-hybridized carbons (Fsp3) is 0.0377. The number of para-hydroxylation sites is 2. The molecule has 1 aliphatic carbocycles. The van der Waals surface area contributed by atoms with Gasteiger partial charge in [-0.15, -0.1) is 0 Å². The monoisotopic (exact) mass is 757 g/mol. The van der Waals surface area contributed by atoms with E-state index in [0.29, 0.717) is 17.6 Å². The van der Waals surface area contributed by atoms with Gasteiger partial charge in [-0.05, 0) is 89.7 Å². The Balaban J connectivity index is 1.09. The van der Waals surface area contributed by atoms with Crippen LogP contribution in [-0.4, -0.2) is 19.5 Å². The largest absolute Gasteiger partial charge is 0.456 e. The van der Waals surface area contributed by atoms with E-state index in [9.17, 15) is 0 Å². The molecular formula is C53H35N5O. The second kappa shape index (κ2) is 13.4. The van der Waals surface area contributed by atoms with Crippen LogP contribution in [0.1, 0.15) is 28.8 Å². The Morgan fingerprint density at radius 1 is 0.508 bits per heavy atom. The molecule has 59 heavy (non-hydrogen) atoms. The Kier molecular flexibility index (Phi) is 7.56. The second-order valence-corrected chi connectivity index (χ2v) is 15.1. The third-order valence-electron chi connectivity index (χ3n) is 11.7. The number of fused-ring (bicyclic) bond motifs is 9. The van der Waals surface area contributed by atoms with Crippen LogP contribution >= 0.6 is 0 Å². The summed E-state index contributed by atoms with van der Waals surface area (Å²) < 4.78 is 8.83. The molecule has 1 aliphatic heterocycles. The Morgan fingerprint density at radius 3 is 1.97 bits per heavy atom. The minimum Gasteiger partial charge on any atom is -0.456 e. The lowest BCUT2D eigenvalue weighted by atomic mass is 9.97. The van der Waals surface area contributed by atoms with E-state index in [1.807, 2.05) is 72.8 Å². The van der Waals surface area contributed by atoms with Crippen LogP contribution in [0.15, 0.2) is 174 Å². The fourth-order valence-corrected chi connectivity index (χ4v) is 8.95. The summed E-state index contributed by atoms with van der Waals surface area (Å²) in [6, 6.07) is 57.1. The average molecular weight is 758 g/mol. The molecule has 0 saturated heterocycles. The van der Waals surface area contributed by atoms with E-state index >= 15 is 0 Å². The first kappa shape index (κ1) is 33.3. The highest BCUT2D eigenvalue weighted by Gasteiger charge is 2.27. The van der Waals surface area contributed by atoms with Crippen LogP contribution in [0, 0.1) is 0 Å². The van der Waals surface area contributed by atoms with Crippen molar-refractivity contribution in [2.24, 2.45) is 0 Å². The second-order valence-electron chi connectivity index (χ2n) is 15.1. The zero-order valence-corrected chi connectivity index (χ0v) is 32.0. The third kappa shape index (κ3) is 5.45. The van der Waals surface area contributed by atoms with Crippen LogP contribution in [0.5, 0.6) is 0 Å². The number of aryl methyl sites for hydroxylation is 1. The molecule has 6 nitrogen and oxygen atoms in total. The predicted molar refractivity (Wildman–Crippen MR) is 241 cm³/mol. The van der Waals surface area contributed by atoms with Crippen molar-refractivity contribution >= 4 is 68.4 Å². The molecule has 10 aromatic rings. The normalized spacial score (nSPS) is 13.1. The molecule has 0 saturated carbocycles. The maximum Gasteiger partial charge on any atom is 0.238 e. The van der Waals surface area contributed by atoms with Gasteiger partial charge in [0.1, 0.15) is 11.2 Å². The summed E-state index contributed by atoms with van der Waals surface area (Å²) in [5.74, 6) is 1.74. The lowest BCUT2D eigenvalue weighted by molar-refractivity contribution is 0.669. The van der Waals surface area contributed by atoms with Crippen molar-refractivity contribution in [3.8, 4) is 39.6 Å². The SMILES string of the molecule is C1=Cc2c(c3ccc(-c4ccc5c(c4)C=Cc4c(ccc6oc7ccccc7c46)N5c4nc(-c5ccccc5)nc(-c5ccccc5)n4)cc3n2-c2ccccc2)CC1. The van der Waals surface area contributed by atoms with Crippen LogP contribution < -0.4 is 4.90 Å².